The van der Waals surface area contributed by atoms with Crippen LogP contribution >= 0.6 is 0 Å². The third-order valence-corrected chi connectivity index (χ3v) is 1.38. The smallest absolute Gasteiger partial charge is 0.0807 e. The summed E-state index contributed by atoms with van der Waals surface area (Å²) in [7, 11) is 0. The summed E-state index contributed by atoms with van der Waals surface area (Å²) >= 11 is 0. The number of aliphatic imine (C=N–C) groups is 1. The minimum absolute atomic E-state index is 0.329. The van der Waals surface area contributed by atoms with Crippen LogP contribution in [0.4, 0.5) is 0 Å². The summed E-state index contributed by atoms with van der Waals surface area (Å²) in [5.41, 5.74) is 12.6. The van der Waals surface area contributed by atoms with E-state index in [-0.39, 0.29) is 0 Å². The molecule has 72 valence electrons. The van der Waals surface area contributed by atoms with Gasteiger partial charge in [-0.3, -0.25) is 4.99 Å². The van der Waals surface area contributed by atoms with Crippen LogP contribution in [0.25, 0.3) is 0 Å². The first-order valence-corrected chi connectivity index (χ1v) is 3.88. The number of hydrogen-bond acceptors (Lipinski definition) is 4. The minimum Gasteiger partial charge on any atom is -0.397 e. The topological polar surface area (TPSA) is 76.4 Å². The molecule has 0 fully saturated rings. The molecule has 0 spiro atoms. The van der Waals surface area contributed by atoms with Crippen LogP contribution < -0.4 is 16.8 Å². The molecule has 0 aromatic rings. The van der Waals surface area contributed by atoms with Gasteiger partial charge >= 0.3 is 0 Å². The van der Waals surface area contributed by atoms with E-state index in [2.05, 4.69) is 23.5 Å². The highest BCUT2D eigenvalue weighted by molar-refractivity contribution is 5.53. The van der Waals surface area contributed by atoms with Gasteiger partial charge in [-0.25, -0.2) is 0 Å². The van der Waals surface area contributed by atoms with Crippen molar-refractivity contribution in [2.45, 2.75) is 6.92 Å². The van der Waals surface area contributed by atoms with Gasteiger partial charge in [-0.05, 0) is 19.3 Å². The predicted molar refractivity (Wildman–Crippen MR) is 56.9 cm³/mol. The van der Waals surface area contributed by atoms with E-state index in [1.165, 1.54) is 6.20 Å². The standard InChI is InChI=1S/C9H16N4/c1-4-12-6-8(13-5-2)9(11)7(3)10/h4-5,13H,2-3,6,10-11H2,1H3/b9-8-,12-4-. The molecule has 0 radical (unpaired) electrons. The third-order valence-electron chi connectivity index (χ3n) is 1.38. The number of nitrogens with two attached hydrogens (primary N) is 2. The second-order valence-corrected chi connectivity index (χ2v) is 2.36. The van der Waals surface area contributed by atoms with Crippen LogP contribution in [0.15, 0.2) is 41.4 Å². The Morgan fingerprint density at radius 3 is 2.54 bits per heavy atom. The Bertz CT molecular complexity index is 250. The van der Waals surface area contributed by atoms with E-state index in [1.807, 2.05) is 6.92 Å². The van der Waals surface area contributed by atoms with Crippen molar-refractivity contribution in [3.63, 3.8) is 0 Å². The Morgan fingerprint density at radius 2 is 2.15 bits per heavy atom. The Hall–Kier alpha value is -1.71. The van der Waals surface area contributed by atoms with Gasteiger partial charge in [0, 0.05) is 5.70 Å². The molecule has 0 saturated heterocycles. The zero-order valence-electron chi connectivity index (χ0n) is 7.88. The van der Waals surface area contributed by atoms with Gasteiger partial charge in [0.25, 0.3) is 0 Å². The molecule has 0 unspecified atom stereocenters. The minimum atomic E-state index is 0.329. The van der Waals surface area contributed by atoms with E-state index < -0.39 is 0 Å². The van der Waals surface area contributed by atoms with Gasteiger partial charge in [0.15, 0.2) is 0 Å². The Morgan fingerprint density at radius 1 is 1.54 bits per heavy atom. The average molecular weight is 180 g/mol. The van der Waals surface area contributed by atoms with E-state index in [0.717, 1.165) is 0 Å². The molecule has 0 heterocycles. The number of nitrogens with zero attached hydrogens (tertiary/aromatic N) is 1. The molecule has 0 saturated carbocycles. The van der Waals surface area contributed by atoms with Crippen LogP contribution in [-0.2, 0) is 0 Å². The number of nitrogens with one attached hydrogen (secondary N) is 1. The van der Waals surface area contributed by atoms with Crippen LogP contribution in [-0.4, -0.2) is 12.8 Å². The SMILES string of the molecule is C=CN/C(C/N=C\C)=C(\N)C(=C)N. The van der Waals surface area contributed by atoms with E-state index in [4.69, 9.17) is 11.5 Å². The maximum absolute atomic E-state index is 5.66. The molecule has 0 aliphatic carbocycles. The second kappa shape index (κ2) is 5.88. The van der Waals surface area contributed by atoms with Crippen LogP contribution in [0.3, 0.4) is 0 Å². The largest absolute Gasteiger partial charge is 0.397 e. The average Bonchev–Trinajstić information content (AvgIpc) is 2.11. The first kappa shape index (κ1) is 11.3. The van der Waals surface area contributed by atoms with E-state index in [0.29, 0.717) is 23.6 Å². The number of hydrogen-bond donors (Lipinski definition) is 3. The molecule has 5 N–H and O–H groups in total. The fraction of sp³-hybridized carbons (Fsp3) is 0.222. The highest BCUT2D eigenvalue weighted by atomic mass is 14.9. The molecular formula is C9H16N4. The molecule has 0 aliphatic rings. The highest BCUT2D eigenvalue weighted by Crippen LogP contribution is 2.00. The third kappa shape index (κ3) is 4.00. The lowest BCUT2D eigenvalue weighted by Gasteiger charge is -2.08. The maximum Gasteiger partial charge on any atom is 0.0807 e. The van der Waals surface area contributed by atoms with Gasteiger partial charge < -0.3 is 16.8 Å². The van der Waals surface area contributed by atoms with Crippen molar-refractivity contribution >= 4 is 6.21 Å². The summed E-state index contributed by atoms with van der Waals surface area (Å²) in [6.45, 7) is 9.34. The van der Waals surface area contributed by atoms with Crippen LogP contribution in [0.5, 0.6) is 0 Å². The molecule has 0 aromatic heterocycles. The predicted octanol–water partition coefficient (Wildman–Crippen LogP) is 0.453. The Balaban J connectivity index is 4.64. The van der Waals surface area contributed by atoms with Crippen molar-refractivity contribution < 1.29 is 0 Å². The van der Waals surface area contributed by atoms with Crippen molar-refractivity contribution in [1.82, 2.24) is 5.32 Å². The monoisotopic (exact) mass is 180 g/mol. The normalized spacial score (nSPS) is 12.4. The van der Waals surface area contributed by atoms with Gasteiger partial charge in [0.1, 0.15) is 0 Å². The quantitative estimate of drug-likeness (QED) is 0.425. The van der Waals surface area contributed by atoms with E-state index in [1.54, 1.807) is 6.21 Å². The van der Waals surface area contributed by atoms with Gasteiger partial charge in [-0.15, -0.1) is 0 Å². The molecular weight excluding hydrogens is 164 g/mol. The maximum atomic E-state index is 5.66. The second-order valence-electron chi connectivity index (χ2n) is 2.36. The molecule has 4 nitrogen and oxygen atoms in total. The van der Waals surface area contributed by atoms with Crippen molar-refractivity contribution in [2.24, 2.45) is 16.5 Å². The molecule has 0 atom stereocenters. The van der Waals surface area contributed by atoms with Gasteiger partial charge in [-0.2, -0.15) is 0 Å². The van der Waals surface area contributed by atoms with Gasteiger partial charge in [-0.1, -0.05) is 13.2 Å². The lowest BCUT2D eigenvalue weighted by atomic mass is 10.3. The van der Waals surface area contributed by atoms with Gasteiger partial charge in [0.05, 0.1) is 17.9 Å². The zero-order valence-corrected chi connectivity index (χ0v) is 7.88. The first-order valence-electron chi connectivity index (χ1n) is 3.88. The molecule has 0 aliphatic heterocycles. The van der Waals surface area contributed by atoms with Crippen molar-refractivity contribution in [3.05, 3.63) is 36.4 Å². The van der Waals surface area contributed by atoms with Gasteiger partial charge in [0.2, 0.25) is 0 Å². The fourth-order valence-corrected chi connectivity index (χ4v) is 0.708. The molecule has 0 aromatic carbocycles. The lowest BCUT2D eigenvalue weighted by Crippen LogP contribution is -2.19. The highest BCUT2D eigenvalue weighted by Gasteiger charge is 2.01. The summed E-state index contributed by atoms with van der Waals surface area (Å²) in [5, 5.41) is 2.86. The van der Waals surface area contributed by atoms with E-state index in [9.17, 15) is 0 Å². The van der Waals surface area contributed by atoms with Crippen LogP contribution in [0.1, 0.15) is 6.92 Å². The van der Waals surface area contributed by atoms with E-state index >= 15 is 0 Å². The van der Waals surface area contributed by atoms with Crippen LogP contribution in [0.2, 0.25) is 0 Å². The fourth-order valence-electron chi connectivity index (χ4n) is 0.708. The van der Waals surface area contributed by atoms with Crippen molar-refractivity contribution in [1.29, 1.82) is 0 Å². The van der Waals surface area contributed by atoms with Crippen LogP contribution in [0, 0.1) is 0 Å². The van der Waals surface area contributed by atoms with Crippen molar-refractivity contribution in [3.8, 4) is 0 Å². The molecule has 0 bridgehead atoms. The molecule has 13 heavy (non-hydrogen) atoms. The summed E-state index contributed by atoms with van der Waals surface area (Å²) in [6.07, 6.45) is 3.22. The Kier molecular flexibility index (Phi) is 5.11. The lowest BCUT2D eigenvalue weighted by molar-refractivity contribution is 0.939. The first-order chi connectivity index (χ1) is 6.13. The zero-order chi connectivity index (χ0) is 10.3. The summed E-state index contributed by atoms with van der Waals surface area (Å²) in [4.78, 5) is 4.02. The molecule has 4 heteroatoms. The summed E-state index contributed by atoms with van der Waals surface area (Å²) in [5.74, 6) is 0. The Labute approximate surface area is 78.7 Å². The molecule has 0 amide bonds. The van der Waals surface area contributed by atoms with Crippen molar-refractivity contribution in [2.75, 3.05) is 6.54 Å². The molecule has 0 rings (SSSR count). The summed E-state index contributed by atoms with van der Waals surface area (Å²) in [6, 6.07) is 0. The summed E-state index contributed by atoms with van der Waals surface area (Å²) < 4.78 is 0. The number of rotatable bonds is 5.